The average molecular weight is 373 g/mol. The Morgan fingerprint density at radius 1 is 1.42 bits per heavy atom. The average Bonchev–Trinajstić information content (AvgIpc) is 3.08. The van der Waals surface area contributed by atoms with Crippen molar-refractivity contribution in [3.63, 3.8) is 0 Å². The van der Waals surface area contributed by atoms with E-state index in [-0.39, 0.29) is 18.4 Å². The third-order valence-corrected chi connectivity index (χ3v) is 3.91. The van der Waals surface area contributed by atoms with Crippen molar-refractivity contribution in [1.29, 1.82) is 0 Å². The highest BCUT2D eigenvalue weighted by Gasteiger charge is 2.13. The van der Waals surface area contributed by atoms with E-state index in [1.54, 1.807) is 18.2 Å². The molecule has 0 fully saturated rings. The summed E-state index contributed by atoms with van der Waals surface area (Å²) in [6.07, 6.45) is 1.14. The van der Waals surface area contributed by atoms with Crippen LogP contribution in [0.25, 0.3) is 11.1 Å². The first-order valence-electron chi connectivity index (χ1n) is 7.34. The van der Waals surface area contributed by atoms with Gasteiger partial charge in [-0.1, -0.05) is 16.8 Å². The third kappa shape index (κ3) is 3.98. The van der Waals surface area contributed by atoms with Crippen LogP contribution in [0.15, 0.2) is 31.9 Å². The van der Waals surface area contributed by atoms with Gasteiger partial charge in [0.2, 0.25) is 5.89 Å². The van der Waals surface area contributed by atoms with E-state index in [4.69, 9.17) is 20.5 Å². The van der Waals surface area contributed by atoms with Crippen LogP contribution in [0, 0.1) is 0 Å². The van der Waals surface area contributed by atoms with Crippen molar-refractivity contribution in [2.24, 2.45) is 0 Å². The molecule has 0 spiro atoms. The number of hydrogen-bond acceptors (Lipinski definition) is 6. The van der Waals surface area contributed by atoms with Gasteiger partial charge >= 0.3 is 5.76 Å². The van der Waals surface area contributed by atoms with E-state index in [1.807, 2.05) is 14.0 Å². The summed E-state index contributed by atoms with van der Waals surface area (Å²) >= 11 is 5.90. The second-order valence-electron chi connectivity index (χ2n) is 5.38. The quantitative estimate of drug-likeness (QED) is 0.714. The van der Waals surface area contributed by atoms with Crippen molar-refractivity contribution in [3.05, 3.63) is 45.5 Å². The van der Waals surface area contributed by atoms with Crippen LogP contribution in [0.3, 0.4) is 0 Å². The SMILES string of the molecule is CNC(C)Cc1noc(CCn2c(=O)oc3cc(Cl)ccc32)n1.Cl. The normalized spacial score (nSPS) is 12.3. The van der Waals surface area contributed by atoms with Gasteiger partial charge in [0.25, 0.3) is 0 Å². The summed E-state index contributed by atoms with van der Waals surface area (Å²) in [6.45, 7) is 2.44. The molecular formula is C15H18Cl2N4O3. The fourth-order valence-corrected chi connectivity index (χ4v) is 2.47. The number of nitrogens with one attached hydrogen (secondary N) is 1. The van der Waals surface area contributed by atoms with Crippen molar-refractivity contribution in [3.8, 4) is 0 Å². The number of nitrogens with zero attached hydrogens (tertiary/aromatic N) is 3. The van der Waals surface area contributed by atoms with Gasteiger partial charge in [0, 0.05) is 36.5 Å². The summed E-state index contributed by atoms with van der Waals surface area (Å²) in [5.74, 6) is 0.724. The lowest BCUT2D eigenvalue weighted by Crippen LogP contribution is -2.24. The highest BCUT2D eigenvalue weighted by molar-refractivity contribution is 6.31. The Morgan fingerprint density at radius 2 is 2.21 bits per heavy atom. The molecule has 0 aliphatic rings. The number of rotatable bonds is 6. The van der Waals surface area contributed by atoms with Crippen molar-refractivity contribution in [2.75, 3.05) is 7.05 Å². The molecule has 1 N–H and O–H groups in total. The van der Waals surface area contributed by atoms with Gasteiger partial charge in [-0.2, -0.15) is 4.98 Å². The first-order valence-corrected chi connectivity index (χ1v) is 7.72. The summed E-state index contributed by atoms with van der Waals surface area (Å²) in [7, 11) is 1.88. The summed E-state index contributed by atoms with van der Waals surface area (Å²) in [4.78, 5) is 16.3. The maximum Gasteiger partial charge on any atom is 0.419 e. The second kappa shape index (κ2) is 7.83. The van der Waals surface area contributed by atoms with E-state index >= 15 is 0 Å². The van der Waals surface area contributed by atoms with Gasteiger partial charge in [0.05, 0.1) is 5.52 Å². The van der Waals surface area contributed by atoms with Gasteiger partial charge < -0.3 is 14.3 Å². The number of oxazole rings is 1. The highest BCUT2D eigenvalue weighted by atomic mass is 35.5. The molecule has 9 heteroatoms. The molecule has 24 heavy (non-hydrogen) atoms. The number of benzene rings is 1. The molecule has 7 nitrogen and oxygen atoms in total. The van der Waals surface area contributed by atoms with E-state index < -0.39 is 5.76 Å². The molecule has 0 aliphatic heterocycles. The zero-order chi connectivity index (χ0) is 16.4. The van der Waals surface area contributed by atoms with E-state index in [0.717, 1.165) is 0 Å². The molecule has 0 saturated carbocycles. The maximum atomic E-state index is 11.9. The molecule has 1 unspecified atom stereocenters. The molecular weight excluding hydrogens is 355 g/mol. The fourth-order valence-electron chi connectivity index (χ4n) is 2.31. The van der Waals surface area contributed by atoms with Crippen LogP contribution in [0.1, 0.15) is 18.6 Å². The molecule has 130 valence electrons. The monoisotopic (exact) mass is 372 g/mol. The first kappa shape index (κ1) is 18.5. The van der Waals surface area contributed by atoms with Gasteiger partial charge in [-0.05, 0) is 26.1 Å². The molecule has 2 aromatic heterocycles. The van der Waals surface area contributed by atoms with Gasteiger partial charge in [-0.15, -0.1) is 12.4 Å². The van der Waals surface area contributed by atoms with E-state index in [0.29, 0.717) is 47.2 Å². The molecule has 1 aromatic carbocycles. The smallest absolute Gasteiger partial charge is 0.408 e. The minimum Gasteiger partial charge on any atom is -0.408 e. The number of hydrogen-bond donors (Lipinski definition) is 1. The Balaban J connectivity index is 0.00000208. The molecule has 0 bridgehead atoms. The number of fused-ring (bicyclic) bond motifs is 1. The summed E-state index contributed by atoms with van der Waals surface area (Å²) in [6, 6.07) is 5.37. The lowest BCUT2D eigenvalue weighted by atomic mass is 10.2. The van der Waals surface area contributed by atoms with E-state index in [9.17, 15) is 4.79 Å². The van der Waals surface area contributed by atoms with Crippen LogP contribution in [0.5, 0.6) is 0 Å². The minimum absolute atomic E-state index is 0. The number of aromatic nitrogens is 3. The molecule has 0 radical (unpaired) electrons. The second-order valence-corrected chi connectivity index (χ2v) is 5.82. The Bertz CT molecular complexity index is 871. The van der Waals surface area contributed by atoms with Gasteiger partial charge in [0.1, 0.15) is 0 Å². The van der Waals surface area contributed by atoms with Crippen molar-refractivity contribution in [1.82, 2.24) is 20.0 Å². The van der Waals surface area contributed by atoms with E-state index in [1.165, 1.54) is 4.57 Å². The largest absolute Gasteiger partial charge is 0.419 e. The molecule has 2 heterocycles. The Labute approximate surface area is 149 Å². The van der Waals surface area contributed by atoms with Crippen LogP contribution in [0.4, 0.5) is 0 Å². The Hall–Kier alpha value is -1.83. The van der Waals surface area contributed by atoms with Crippen LogP contribution < -0.4 is 11.1 Å². The highest BCUT2D eigenvalue weighted by Crippen LogP contribution is 2.18. The van der Waals surface area contributed by atoms with Crippen LogP contribution in [-0.2, 0) is 19.4 Å². The Kier molecular flexibility index (Phi) is 6.04. The maximum absolute atomic E-state index is 11.9. The van der Waals surface area contributed by atoms with Crippen LogP contribution >= 0.6 is 24.0 Å². The molecule has 3 aromatic rings. The van der Waals surface area contributed by atoms with Crippen molar-refractivity contribution < 1.29 is 8.94 Å². The predicted octanol–water partition coefficient (Wildman–Crippen LogP) is 2.45. The van der Waals surface area contributed by atoms with Crippen molar-refractivity contribution in [2.45, 2.75) is 32.4 Å². The molecule has 1 atom stereocenters. The third-order valence-electron chi connectivity index (χ3n) is 3.67. The summed E-state index contributed by atoms with van der Waals surface area (Å²) in [5.41, 5.74) is 1.17. The zero-order valence-electron chi connectivity index (χ0n) is 13.3. The van der Waals surface area contributed by atoms with E-state index in [2.05, 4.69) is 15.5 Å². The minimum atomic E-state index is -0.425. The summed E-state index contributed by atoms with van der Waals surface area (Å²) in [5, 5.41) is 7.59. The fraction of sp³-hybridized carbons (Fsp3) is 0.400. The summed E-state index contributed by atoms with van der Waals surface area (Å²) < 4.78 is 11.9. The zero-order valence-corrected chi connectivity index (χ0v) is 14.9. The van der Waals surface area contributed by atoms with Gasteiger partial charge in [-0.3, -0.25) is 4.57 Å². The standard InChI is InChI=1S/C15H17ClN4O3.ClH/c1-9(17-2)7-13-18-14(23-19-13)5-6-20-11-4-3-10(16)8-12(11)22-15(20)21;/h3-4,8-9,17H,5-7H2,1-2H3;1H. The topological polar surface area (TPSA) is 86.1 Å². The molecule has 0 amide bonds. The van der Waals surface area contributed by atoms with Gasteiger partial charge in [-0.25, -0.2) is 4.79 Å². The number of halogens is 2. The molecule has 3 rings (SSSR count). The first-order chi connectivity index (χ1) is 11.1. The van der Waals surface area contributed by atoms with Crippen molar-refractivity contribution >= 4 is 35.1 Å². The van der Waals surface area contributed by atoms with Crippen LogP contribution in [-0.4, -0.2) is 27.8 Å². The lowest BCUT2D eigenvalue weighted by molar-refractivity contribution is 0.363. The van der Waals surface area contributed by atoms with Gasteiger partial charge in [0.15, 0.2) is 11.4 Å². The van der Waals surface area contributed by atoms with Crippen LogP contribution in [0.2, 0.25) is 5.02 Å². The Morgan fingerprint density at radius 3 is 2.96 bits per heavy atom. The molecule has 0 saturated heterocycles. The lowest BCUT2D eigenvalue weighted by Gasteiger charge is -2.04. The predicted molar refractivity (Wildman–Crippen MR) is 93.0 cm³/mol. The number of aryl methyl sites for hydroxylation is 2. The number of likely N-dealkylation sites (N-methyl/N-ethyl adjacent to an activating group) is 1. The molecule has 0 aliphatic carbocycles.